The van der Waals surface area contributed by atoms with Crippen molar-refractivity contribution in [2.24, 2.45) is 0 Å². The van der Waals surface area contributed by atoms with E-state index in [-0.39, 0.29) is 12.4 Å². The van der Waals surface area contributed by atoms with Crippen molar-refractivity contribution in [2.75, 3.05) is 12.9 Å². The molecule has 0 fully saturated rings. The number of aromatic carboxylic acids is 1. The van der Waals surface area contributed by atoms with Crippen molar-refractivity contribution in [1.29, 1.82) is 0 Å². The maximum absolute atomic E-state index is 11.7. The van der Waals surface area contributed by atoms with E-state index in [2.05, 4.69) is 24.7 Å². The smallest absolute Gasteiger partial charge is 0.356 e. The minimum Gasteiger partial charge on any atom is -0.476 e. The first-order valence-electron chi connectivity index (χ1n) is 6.99. The Morgan fingerprint density at radius 2 is 2.05 bits per heavy atom. The number of carboxylic acids is 1. The van der Waals surface area contributed by atoms with Crippen LogP contribution in [0.5, 0.6) is 0 Å². The normalized spacial score (nSPS) is 14.0. The first-order chi connectivity index (χ1) is 9.92. The van der Waals surface area contributed by atoms with Crippen molar-refractivity contribution >= 4 is 23.9 Å². The number of aromatic nitrogens is 2. The largest absolute Gasteiger partial charge is 0.476 e. The van der Waals surface area contributed by atoms with Crippen LogP contribution in [0.2, 0.25) is 25.7 Å². The maximum Gasteiger partial charge on any atom is 0.356 e. The van der Waals surface area contributed by atoms with Gasteiger partial charge in [-0.15, -0.1) is 0 Å². The van der Waals surface area contributed by atoms with Gasteiger partial charge in [0, 0.05) is 20.9 Å². The van der Waals surface area contributed by atoms with Gasteiger partial charge in [0.15, 0.2) is 15.5 Å². The molecule has 0 aliphatic rings. The predicted molar refractivity (Wildman–Crippen MR) is 86.6 cm³/mol. The fourth-order valence-electron chi connectivity index (χ4n) is 1.72. The minimum atomic E-state index is -3.35. The Morgan fingerprint density at radius 3 is 2.50 bits per heavy atom. The van der Waals surface area contributed by atoms with Crippen LogP contribution in [-0.4, -0.2) is 50.2 Å². The lowest BCUT2D eigenvalue weighted by Crippen LogP contribution is -2.22. The van der Waals surface area contributed by atoms with Gasteiger partial charge in [-0.05, 0) is 19.0 Å². The van der Waals surface area contributed by atoms with Crippen molar-refractivity contribution in [2.45, 2.75) is 44.6 Å². The number of carbonyl (C=O) groups is 1. The molecule has 1 unspecified atom stereocenters. The first-order valence-corrected chi connectivity index (χ1v) is 12.7. The average molecular weight is 348 g/mol. The molecule has 1 N–H and O–H groups in total. The molecule has 7 nitrogen and oxygen atoms in total. The van der Waals surface area contributed by atoms with Crippen molar-refractivity contribution < 1.29 is 23.1 Å². The lowest BCUT2D eigenvalue weighted by atomic mass is 10.3. The summed E-state index contributed by atoms with van der Waals surface area (Å²) in [4.78, 5) is 11.0. The van der Waals surface area contributed by atoms with Crippen molar-refractivity contribution in [3.05, 3.63) is 17.5 Å². The van der Waals surface area contributed by atoms with Crippen molar-refractivity contribution in [3.63, 3.8) is 0 Å². The van der Waals surface area contributed by atoms with Gasteiger partial charge in [-0.25, -0.2) is 17.9 Å². The summed E-state index contributed by atoms with van der Waals surface area (Å²) in [5, 5.41) is 12.1. The number of hydrogen-bond donors (Lipinski definition) is 1. The maximum atomic E-state index is 11.7. The van der Waals surface area contributed by atoms with E-state index in [0.717, 1.165) is 12.3 Å². The number of hydrogen-bond acceptors (Lipinski definition) is 5. The van der Waals surface area contributed by atoms with E-state index >= 15 is 0 Å². The molecule has 1 aromatic rings. The third-order valence-corrected chi connectivity index (χ3v) is 6.53. The molecule has 0 saturated carbocycles. The molecule has 126 valence electrons. The van der Waals surface area contributed by atoms with E-state index in [9.17, 15) is 13.2 Å². The summed E-state index contributed by atoms with van der Waals surface area (Å²) in [5.74, 6) is -1.19. The van der Waals surface area contributed by atoms with Gasteiger partial charge in [-0.1, -0.05) is 19.6 Å². The van der Waals surface area contributed by atoms with Crippen molar-refractivity contribution in [3.8, 4) is 0 Å². The number of ether oxygens (including phenoxy) is 1. The Labute approximate surface area is 132 Å². The third-order valence-electron chi connectivity index (χ3n) is 3.30. The molecule has 0 saturated heterocycles. The Bertz CT molecular complexity index is 633. The van der Waals surface area contributed by atoms with E-state index < -0.39 is 29.1 Å². The summed E-state index contributed by atoms with van der Waals surface area (Å²) in [6.07, 6.45) is 1.11. The molecule has 0 amide bonds. The second-order valence-electron chi connectivity index (χ2n) is 6.58. The zero-order chi connectivity index (χ0) is 17.1. The zero-order valence-electron chi connectivity index (χ0n) is 13.7. The van der Waals surface area contributed by atoms with Crippen LogP contribution in [0.1, 0.15) is 28.4 Å². The molecule has 0 radical (unpaired) electrons. The monoisotopic (exact) mass is 348 g/mol. The van der Waals surface area contributed by atoms with E-state index in [4.69, 9.17) is 9.84 Å². The number of rotatable bonds is 8. The zero-order valence-corrected chi connectivity index (χ0v) is 15.5. The van der Waals surface area contributed by atoms with Gasteiger partial charge >= 0.3 is 5.97 Å². The molecule has 0 aromatic carbocycles. The molecule has 0 aliphatic heterocycles. The Kier molecular flexibility index (Phi) is 5.93. The summed E-state index contributed by atoms with van der Waals surface area (Å²) in [5.41, 5.74) is 0.146. The minimum absolute atomic E-state index is 0.0486. The van der Waals surface area contributed by atoms with Crippen LogP contribution in [0.3, 0.4) is 0 Å². The van der Waals surface area contributed by atoms with Gasteiger partial charge in [-0.3, -0.25) is 0 Å². The van der Waals surface area contributed by atoms with Crippen LogP contribution in [-0.2, 0) is 21.3 Å². The Balaban J connectivity index is 2.90. The summed E-state index contributed by atoms with van der Waals surface area (Å²) >= 11 is 0. The molecule has 0 spiro atoms. The molecule has 0 bridgehead atoms. The van der Waals surface area contributed by atoms with Crippen molar-refractivity contribution in [1.82, 2.24) is 9.78 Å². The highest BCUT2D eigenvalue weighted by molar-refractivity contribution is 7.90. The van der Waals surface area contributed by atoms with Gasteiger partial charge in [0.25, 0.3) is 0 Å². The quantitative estimate of drug-likeness (QED) is 0.570. The summed E-state index contributed by atoms with van der Waals surface area (Å²) in [6.45, 7) is 8.78. The average Bonchev–Trinajstić information content (AvgIpc) is 2.75. The molecule has 9 heteroatoms. The van der Waals surface area contributed by atoms with Gasteiger partial charge in [-0.2, -0.15) is 5.10 Å². The molecule has 1 atom stereocenters. The standard InChI is InChI=1S/C13H24N2O5SSi/c1-10(21(2,18)19)12-8-11(13(16)17)14-15(12)9-20-6-7-22(3,4)5/h8,10H,6-7,9H2,1-5H3,(H,16,17). The molecule has 0 aliphatic carbocycles. The lowest BCUT2D eigenvalue weighted by Gasteiger charge is -2.16. The van der Waals surface area contributed by atoms with Crippen LogP contribution >= 0.6 is 0 Å². The highest BCUT2D eigenvalue weighted by atomic mass is 32.2. The molecular formula is C13H24N2O5SSi. The lowest BCUT2D eigenvalue weighted by molar-refractivity contribution is 0.0668. The predicted octanol–water partition coefficient (Wildman–Crippen LogP) is 2.00. The van der Waals surface area contributed by atoms with Crippen LogP contribution in [0.15, 0.2) is 6.07 Å². The van der Waals surface area contributed by atoms with Crippen LogP contribution < -0.4 is 0 Å². The van der Waals surface area contributed by atoms with E-state index in [0.29, 0.717) is 12.3 Å². The number of carboxylic acid groups (broad SMARTS) is 1. The molecule has 1 heterocycles. The Morgan fingerprint density at radius 1 is 1.45 bits per heavy atom. The molecular weight excluding hydrogens is 324 g/mol. The van der Waals surface area contributed by atoms with Gasteiger partial charge in [0.05, 0.1) is 5.69 Å². The number of sulfone groups is 1. The highest BCUT2D eigenvalue weighted by Gasteiger charge is 2.24. The number of nitrogens with zero attached hydrogens (tertiary/aromatic N) is 2. The van der Waals surface area contributed by atoms with Crippen LogP contribution in [0.4, 0.5) is 0 Å². The molecule has 1 aromatic heterocycles. The second kappa shape index (κ2) is 6.92. The van der Waals surface area contributed by atoms with E-state index in [1.807, 2.05) is 0 Å². The van der Waals surface area contributed by atoms with E-state index in [1.165, 1.54) is 17.7 Å². The fourth-order valence-corrected chi connectivity index (χ4v) is 3.10. The summed E-state index contributed by atoms with van der Waals surface area (Å²) in [6, 6.07) is 2.26. The van der Waals surface area contributed by atoms with Crippen LogP contribution in [0.25, 0.3) is 0 Å². The summed E-state index contributed by atoms with van der Waals surface area (Å²) < 4.78 is 30.3. The van der Waals surface area contributed by atoms with Gasteiger partial charge in [0.1, 0.15) is 12.0 Å². The second-order valence-corrected chi connectivity index (χ2v) is 14.6. The van der Waals surface area contributed by atoms with E-state index in [1.54, 1.807) is 0 Å². The SMILES string of the molecule is CC(c1cc(C(=O)O)nn1COCC[Si](C)(C)C)S(C)(=O)=O. The molecule has 1 rings (SSSR count). The topological polar surface area (TPSA) is 98.5 Å². The molecule has 22 heavy (non-hydrogen) atoms. The van der Waals surface area contributed by atoms with Crippen LogP contribution in [0, 0.1) is 0 Å². The Hall–Kier alpha value is -1.19. The van der Waals surface area contributed by atoms with Gasteiger partial charge < -0.3 is 9.84 Å². The summed E-state index contributed by atoms with van der Waals surface area (Å²) in [7, 11) is -4.57. The fraction of sp³-hybridized carbons (Fsp3) is 0.692. The highest BCUT2D eigenvalue weighted by Crippen LogP contribution is 2.22. The first kappa shape index (κ1) is 18.9. The third kappa shape index (κ3) is 5.54. The van der Waals surface area contributed by atoms with Gasteiger partial charge in [0.2, 0.25) is 0 Å².